The fraction of sp³-hybridized carbons (Fsp3) is 0.652. The van der Waals surface area contributed by atoms with Gasteiger partial charge in [0.15, 0.2) is 0 Å². The van der Waals surface area contributed by atoms with Gasteiger partial charge in [-0.1, -0.05) is 56.5 Å². The smallest absolute Gasteiger partial charge is 0.317 e. The Morgan fingerprint density at radius 2 is 1.71 bits per heavy atom. The van der Waals surface area contributed by atoms with Gasteiger partial charge in [0.25, 0.3) is 0 Å². The van der Waals surface area contributed by atoms with Crippen LogP contribution in [0.4, 0.5) is 4.79 Å². The molecule has 0 bridgehead atoms. The van der Waals surface area contributed by atoms with Crippen molar-refractivity contribution in [3.8, 4) is 0 Å². The molecule has 0 radical (unpaired) electrons. The Morgan fingerprint density at radius 3 is 2.39 bits per heavy atom. The summed E-state index contributed by atoms with van der Waals surface area (Å²) in [6.45, 7) is 4.97. The molecule has 1 heterocycles. The molecule has 154 valence electrons. The van der Waals surface area contributed by atoms with Gasteiger partial charge in [0.2, 0.25) is 5.91 Å². The van der Waals surface area contributed by atoms with Crippen molar-refractivity contribution >= 4 is 11.9 Å². The van der Waals surface area contributed by atoms with Crippen LogP contribution in [0.5, 0.6) is 0 Å². The molecule has 0 aromatic heterocycles. The highest BCUT2D eigenvalue weighted by molar-refractivity contribution is 5.78. The normalized spacial score (nSPS) is 18.7. The summed E-state index contributed by atoms with van der Waals surface area (Å²) in [6.07, 6.45) is 8.35. The minimum atomic E-state index is -0.0316. The molecular weight excluding hydrogens is 350 g/mol. The number of nitrogens with zero attached hydrogens (tertiary/aromatic N) is 2. The van der Waals surface area contributed by atoms with E-state index in [4.69, 9.17) is 0 Å². The first-order valence-corrected chi connectivity index (χ1v) is 11.0. The Labute approximate surface area is 169 Å². The molecule has 3 amide bonds. The summed E-state index contributed by atoms with van der Waals surface area (Å²) in [5, 5.41) is 3.21. The van der Waals surface area contributed by atoms with Crippen LogP contribution in [0.15, 0.2) is 30.3 Å². The average molecular weight is 386 g/mol. The van der Waals surface area contributed by atoms with Gasteiger partial charge >= 0.3 is 6.03 Å². The van der Waals surface area contributed by atoms with Crippen LogP contribution in [0.1, 0.15) is 63.9 Å². The molecular formula is C23H35N3O2. The van der Waals surface area contributed by atoms with Gasteiger partial charge in [-0.2, -0.15) is 0 Å². The van der Waals surface area contributed by atoms with Crippen LogP contribution in [0.25, 0.3) is 0 Å². The van der Waals surface area contributed by atoms with Crippen LogP contribution in [-0.4, -0.2) is 47.4 Å². The molecule has 2 aliphatic rings. The number of benzene rings is 1. The van der Waals surface area contributed by atoms with Crippen LogP contribution in [0, 0.1) is 5.92 Å². The van der Waals surface area contributed by atoms with E-state index in [1.54, 1.807) is 0 Å². The SMILES string of the molecule is CC1CCN(C(=O)CCN(Cc2ccccc2)C(=O)NC2CCCCC2)CC1. The van der Waals surface area contributed by atoms with Gasteiger partial charge in [-0.25, -0.2) is 4.79 Å². The van der Waals surface area contributed by atoms with Crippen LogP contribution >= 0.6 is 0 Å². The number of rotatable bonds is 6. The minimum absolute atomic E-state index is 0.0316. The molecule has 0 atom stereocenters. The highest BCUT2D eigenvalue weighted by Crippen LogP contribution is 2.19. The highest BCUT2D eigenvalue weighted by atomic mass is 16.2. The third-order valence-corrected chi connectivity index (χ3v) is 6.17. The van der Waals surface area contributed by atoms with Crippen molar-refractivity contribution in [1.29, 1.82) is 0 Å². The van der Waals surface area contributed by atoms with Gasteiger partial charge in [0.1, 0.15) is 0 Å². The standard InChI is InChI=1S/C23H35N3O2/c1-19-12-15-25(16-13-19)22(27)14-17-26(18-20-8-4-2-5-9-20)23(28)24-21-10-6-3-7-11-21/h2,4-5,8-9,19,21H,3,6-7,10-18H2,1H3,(H,24,28). The largest absolute Gasteiger partial charge is 0.343 e. The van der Waals surface area contributed by atoms with Crippen molar-refractivity contribution in [2.45, 2.75) is 70.9 Å². The zero-order valence-corrected chi connectivity index (χ0v) is 17.2. The molecule has 1 aromatic carbocycles. The lowest BCUT2D eigenvalue weighted by Crippen LogP contribution is -2.46. The van der Waals surface area contributed by atoms with E-state index >= 15 is 0 Å². The first kappa shape index (κ1) is 20.7. The summed E-state index contributed by atoms with van der Waals surface area (Å²) < 4.78 is 0. The molecule has 1 N–H and O–H groups in total. The molecule has 0 unspecified atom stereocenters. The Balaban J connectivity index is 1.56. The van der Waals surface area contributed by atoms with Gasteiger partial charge in [0.05, 0.1) is 0 Å². The lowest BCUT2D eigenvalue weighted by molar-refractivity contribution is -0.132. The number of carbonyl (C=O) groups is 2. The van der Waals surface area contributed by atoms with Crippen LogP contribution in [0.2, 0.25) is 0 Å². The number of hydrogen-bond donors (Lipinski definition) is 1. The summed E-state index contributed by atoms with van der Waals surface area (Å²) in [5.41, 5.74) is 1.10. The molecule has 5 heteroatoms. The Bertz CT molecular complexity index is 620. The van der Waals surface area contributed by atoms with E-state index in [1.807, 2.05) is 40.1 Å². The molecule has 1 saturated carbocycles. The van der Waals surface area contributed by atoms with E-state index in [9.17, 15) is 9.59 Å². The second-order valence-corrected chi connectivity index (χ2v) is 8.50. The molecule has 2 fully saturated rings. The molecule has 28 heavy (non-hydrogen) atoms. The van der Waals surface area contributed by atoms with E-state index in [0.717, 1.165) is 44.3 Å². The Morgan fingerprint density at radius 1 is 1.04 bits per heavy atom. The molecule has 0 spiro atoms. The zero-order valence-electron chi connectivity index (χ0n) is 17.2. The number of likely N-dealkylation sites (tertiary alicyclic amines) is 1. The van der Waals surface area contributed by atoms with Crippen molar-refractivity contribution in [3.63, 3.8) is 0 Å². The first-order chi connectivity index (χ1) is 13.6. The third-order valence-electron chi connectivity index (χ3n) is 6.17. The molecule has 1 aliphatic heterocycles. The zero-order chi connectivity index (χ0) is 19.8. The second kappa shape index (κ2) is 10.5. The lowest BCUT2D eigenvalue weighted by Gasteiger charge is -2.32. The van der Waals surface area contributed by atoms with Gasteiger partial charge < -0.3 is 15.1 Å². The number of urea groups is 1. The Kier molecular flexibility index (Phi) is 7.75. The monoisotopic (exact) mass is 385 g/mol. The van der Waals surface area contributed by atoms with Crippen molar-refractivity contribution in [2.75, 3.05) is 19.6 Å². The average Bonchev–Trinajstić information content (AvgIpc) is 2.73. The maximum absolute atomic E-state index is 12.9. The van der Waals surface area contributed by atoms with E-state index in [2.05, 4.69) is 12.2 Å². The molecule has 1 aromatic rings. The predicted octanol–water partition coefficient (Wildman–Crippen LogP) is 4.18. The van der Waals surface area contributed by atoms with Gasteiger partial charge in [-0.15, -0.1) is 0 Å². The quantitative estimate of drug-likeness (QED) is 0.799. The second-order valence-electron chi connectivity index (χ2n) is 8.50. The third kappa shape index (κ3) is 6.25. The highest BCUT2D eigenvalue weighted by Gasteiger charge is 2.23. The molecule has 1 aliphatic carbocycles. The van der Waals surface area contributed by atoms with Gasteiger partial charge in [-0.3, -0.25) is 4.79 Å². The van der Waals surface area contributed by atoms with Crippen LogP contribution in [0.3, 0.4) is 0 Å². The summed E-state index contributed by atoms with van der Waals surface area (Å²) in [4.78, 5) is 29.4. The molecule has 1 saturated heterocycles. The van der Waals surface area contributed by atoms with Gasteiger partial charge in [0, 0.05) is 38.6 Å². The first-order valence-electron chi connectivity index (χ1n) is 11.0. The topological polar surface area (TPSA) is 52.7 Å². The number of piperidine rings is 1. The molecule has 5 nitrogen and oxygen atoms in total. The van der Waals surface area contributed by atoms with Crippen molar-refractivity contribution < 1.29 is 9.59 Å². The fourth-order valence-corrected chi connectivity index (χ4v) is 4.22. The predicted molar refractivity (Wildman–Crippen MR) is 112 cm³/mol. The Hall–Kier alpha value is -2.04. The number of hydrogen-bond acceptors (Lipinski definition) is 2. The van der Waals surface area contributed by atoms with Crippen molar-refractivity contribution in [1.82, 2.24) is 15.1 Å². The van der Waals surface area contributed by atoms with Crippen LogP contribution < -0.4 is 5.32 Å². The number of nitrogens with one attached hydrogen (secondary N) is 1. The summed E-state index contributed by atoms with van der Waals surface area (Å²) in [6, 6.07) is 10.3. The maximum atomic E-state index is 12.9. The van der Waals surface area contributed by atoms with E-state index < -0.39 is 0 Å². The van der Waals surface area contributed by atoms with Crippen molar-refractivity contribution in [2.24, 2.45) is 5.92 Å². The summed E-state index contributed by atoms with van der Waals surface area (Å²) in [7, 11) is 0. The lowest BCUT2D eigenvalue weighted by atomic mass is 9.96. The van der Waals surface area contributed by atoms with Crippen molar-refractivity contribution in [3.05, 3.63) is 35.9 Å². The molecule has 3 rings (SSSR count). The van der Waals surface area contributed by atoms with Gasteiger partial charge in [-0.05, 0) is 37.2 Å². The maximum Gasteiger partial charge on any atom is 0.317 e. The van der Waals surface area contributed by atoms with E-state index in [-0.39, 0.29) is 18.0 Å². The van der Waals surface area contributed by atoms with E-state index in [0.29, 0.717) is 25.4 Å². The minimum Gasteiger partial charge on any atom is -0.343 e. The number of carbonyl (C=O) groups excluding carboxylic acids is 2. The summed E-state index contributed by atoms with van der Waals surface area (Å²) in [5.74, 6) is 0.885. The summed E-state index contributed by atoms with van der Waals surface area (Å²) >= 11 is 0. The van der Waals surface area contributed by atoms with Crippen LogP contribution in [-0.2, 0) is 11.3 Å². The van der Waals surface area contributed by atoms with E-state index in [1.165, 1.54) is 19.3 Å². The number of amides is 3. The fourth-order valence-electron chi connectivity index (χ4n) is 4.22.